The summed E-state index contributed by atoms with van der Waals surface area (Å²) >= 11 is 0. The van der Waals surface area contributed by atoms with E-state index in [0.29, 0.717) is 0 Å². The maximum Gasteiger partial charge on any atom is 0.0134 e. The van der Waals surface area contributed by atoms with E-state index in [1.165, 1.54) is 0 Å². The third-order valence-electron chi connectivity index (χ3n) is 0.800. The van der Waals surface area contributed by atoms with Crippen molar-refractivity contribution in [3.8, 4) is 0 Å². The minimum atomic E-state index is 0.939. The maximum absolute atomic E-state index is 3.03. The van der Waals surface area contributed by atoms with Gasteiger partial charge in [-0.05, 0) is 18.7 Å². The Morgan fingerprint density at radius 3 is 2.80 bits per heavy atom. The SMILES string of the molecule is CNC/C=C\C=C\SSC. The van der Waals surface area contributed by atoms with Crippen LogP contribution < -0.4 is 5.32 Å². The molecule has 58 valence electrons. The van der Waals surface area contributed by atoms with Crippen molar-refractivity contribution < 1.29 is 0 Å². The highest BCUT2D eigenvalue weighted by Crippen LogP contribution is 2.17. The fraction of sp³-hybridized carbons (Fsp3) is 0.429. The molecule has 0 aromatic rings. The summed E-state index contributed by atoms with van der Waals surface area (Å²) in [6.07, 6.45) is 8.22. The van der Waals surface area contributed by atoms with E-state index < -0.39 is 0 Å². The summed E-state index contributed by atoms with van der Waals surface area (Å²) in [6.45, 7) is 0.939. The van der Waals surface area contributed by atoms with Gasteiger partial charge in [-0.2, -0.15) is 0 Å². The topological polar surface area (TPSA) is 12.0 Å². The summed E-state index contributed by atoms with van der Waals surface area (Å²) in [7, 11) is 5.41. The quantitative estimate of drug-likeness (QED) is 0.508. The van der Waals surface area contributed by atoms with Crippen LogP contribution in [0.3, 0.4) is 0 Å². The predicted molar refractivity (Wildman–Crippen MR) is 53.3 cm³/mol. The Morgan fingerprint density at radius 1 is 1.40 bits per heavy atom. The first kappa shape index (κ1) is 10.1. The van der Waals surface area contributed by atoms with Crippen LogP contribution in [0.4, 0.5) is 0 Å². The van der Waals surface area contributed by atoms with E-state index in [-0.39, 0.29) is 0 Å². The number of nitrogens with one attached hydrogen (secondary N) is 1. The lowest BCUT2D eigenvalue weighted by Gasteiger charge is -1.84. The van der Waals surface area contributed by atoms with E-state index in [4.69, 9.17) is 0 Å². The Bertz CT molecular complexity index is 96.2. The molecule has 0 atom stereocenters. The molecule has 0 unspecified atom stereocenters. The summed E-state index contributed by atoms with van der Waals surface area (Å²) in [5.41, 5.74) is 0. The number of allylic oxidation sites excluding steroid dienone is 2. The van der Waals surface area contributed by atoms with Gasteiger partial charge in [0.2, 0.25) is 0 Å². The molecule has 0 fully saturated rings. The van der Waals surface area contributed by atoms with Gasteiger partial charge in [0.25, 0.3) is 0 Å². The standard InChI is InChI=1S/C7H13NS2/c1-8-6-4-3-5-7-10-9-2/h3-5,7-8H,6H2,1-2H3/b4-3-,7-5+. The van der Waals surface area contributed by atoms with Crippen molar-refractivity contribution in [1.29, 1.82) is 0 Å². The molecule has 0 saturated carbocycles. The molecule has 0 aromatic carbocycles. The smallest absolute Gasteiger partial charge is 0.0134 e. The van der Waals surface area contributed by atoms with Crippen LogP contribution in [0, 0.1) is 0 Å². The first-order chi connectivity index (χ1) is 4.91. The van der Waals surface area contributed by atoms with Gasteiger partial charge in [-0.3, -0.25) is 0 Å². The summed E-state index contributed by atoms with van der Waals surface area (Å²) in [6, 6.07) is 0. The molecule has 1 nitrogen and oxygen atoms in total. The molecule has 0 aromatic heterocycles. The molecule has 1 N–H and O–H groups in total. The van der Waals surface area contributed by atoms with Crippen molar-refractivity contribution in [1.82, 2.24) is 5.32 Å². The number of likely N-dealkylation sites (N-methyl/N-ethyl adjacent to an activating group) is 1. The number of hydrogen-bond donors (Lipinski definition) is 1. The second kappa shape index (κ2) is 9.14. The maximum atomic E-state index is 3.03. The Hall–Kier alpha value is 0.140. The Morgan fingerprint density at radius 2 is 2.20 bits per heavy atom. The van der Waals surface area contributed by atoms with E-state index in [2.05, 4.69) is 23.1 Å². The van der Waals surface area contributed by atoms with Crippen molar-refractivity contribution in [2.75, 3.05) is 19.8 Å². The third kappa shape index (κ3) is 8.14. The largest absolute Gasteiger partial charge is 0.316 e. The van der Waals surface area contributed by atoms with Crippen LogP contribution >= 0.6 is 21.6 Å². The fourth-order valence-electron chi connectivity index (χ4n) is 0.397. The lowest BCUT2D eigenvalue weighted by atomic mass is 10.5. The molecular weight excluding hydrogens is 162 g/mol. The molecule has 0 aliphatic carbocycles. The van der Waals surface area contributed by atoms with E-state index in [9.17, 15) is 0 Å². The van der Waals surface area contributed by atoms with Crippen LogP contribution in [0.15, 0.2) is 23.6 Å². The van der Waals surface area contributed by atoms with Crippen LogP contribution in [0.2, 0.25) is 0 Å². The zero-order valence-corrected chi connectivity index (χ0v) is 7.97. The third-order valence-corrected chi connectivity index (χ3v) is 2.17. The van der Waals surface area contributed by atoms with Crippen molar-refractivity contribution in [2.45, 2.75) is 0 Å². The molecule has 0 amide bonds. The molecular formula is C7H13NS2. The van der Waals surface area contributed by atoms with Crippen LogP contribution in [0.25, 0.3) is 0 Å². The van der Waals surface area contributed by atoms with Crippen LogP contribution in [-0.2, 0) is 0 Å². The van der Waals surface area contributed by atoms with Crippen molar-refractivity contribution in [3.05, 3.63) is 23.6 Å². The second-order valence-electron chi connectivity index (χ2n) is 1.58. The molecule has 3 heteroatoms. The highest BCUT2D eigenvalue weighted by atomic mass is 33.1. The lowest BCUT2D eigenvalue weighted by molar-refractivity contribution is 0.920. The highest BCUT2D eigenvalue weighted by molar-refractivity contribution is 8.77. The molecule has 0 spiro atoms. The molecule has 0 heterocycles. The zero-order valence-electron chi connectivity index (χ0n) is 6.33. The van der Waals surface area contributed by atoms with Gasteiger partial charge >= 0.3 is 0 Å². The lowest BCUT2D eigenvalue weighted by Crippen LogP contribution is -2.03. The molecule has 0 saturated heterocycles. The van der Waals surface area contributed by atoms with Crippen molar-refractivity contribution >= 4 is 21.6 Å². The molecule has 0 rings (SSSR count). The van der Waals surface area contributed by atoms with Gasteiger partial charge in [0.1, 0.15) is 0 Å². The van der Waals surface area contributed by atoms with Gasteiger partial charge in [0.05, 0.1) is 0 Å². The average molecular weight is 175 g/mol. The van der Waals surface area contributed by atoms with E-state index >= 15 is 0 Å². The molecule has 0 radical (unpaired) electrons. The van der Waals surface area contributed by atoms with Crippen LogP contribution in [-0.4, -0.2) is 19.8 Å². The van der Waals surface area contributed by atoms with Gasteiger partial charge in [0, 0.05) is 6.54 Å². The van der Waals surface area contributed by atoms with Gasteiger partial charge in [-0.15, -0.1) is 0 Å². The molecule has 0 aliphatic heterocycles. The minimum absolute atomic E-state index is 0.939. The van der Waals surface area contributed by atoms with Gasteiger partial charge in [-0.25, -0.2) is 0 Å². The second-order valence-corrected chi connectivity index (χ2v) is 3.95. The van der Waals surface area contributed by atoms with Gasteiger partial charge in [0.15, 0.2) is 0 Å². The predicted octanol–water partition coefficient (Wildman–Crippen LogP) is 2.29. The first-order valence-corrected chi connectivity index (χ1v) is 5.69. The van der Waals surface area contributed by atoms with Crippen molar-refractivity contribution in [2.24, 2.45) is 0 Å². The fourth-order valence-corrected chi connectivity index (χ4v) is 1.19. The van der Waals surface area contributed by atoms with Crippen molar-refractivity contribution in [3.63, 3.8) is 0 Å². The van der Waals surface area contributed by atoms with E-state index in [1.54, 1.807) is 21.6 Å². The molecule has 10 heavy (non-hydrogen) atoms. The number of rotatable bonds is 5. The van der Waals surface area contributed by atoms with E-state index in [1.807, 2.05) is 19.2 Å². The van der Waals surface area contributed by atoms with Crippen LogP contribution in [0.1, 0.15) is 0 Å². The minimum Gasteiger partial charge on any atom is -0.316 e. The normalized spacial score (nSPS) is 11.8. The highest BCUT2D eigenvalue weighted by Gasteiger charge is 1.70. The average Bonchev–Trinajstić information content (AvgIpc) is 1.97. The molecule has 0 aliphatic rings. The summed E-state index contributed by atoms with van der Waals surface area (Å²) in [4.78, 5) is 0. The summed E-state index contributed by atoms with van der Waals surface area (Å²) < 4.78 is 0. The van der Waals surface area contributed by atoms with E-state index in [0.717, 1.165) is 6.54 Å². The first-order valence-electron chi connectivity index (χ1n) is 3.07. The Balaban J connectivity index is 3.15. The van der Waals surface area contributed by atoms with Gasteiger partial charge in [-0.1, -0.05) is 39.8 Å². The molecule has 0 bridgehead atoms. The van der Waals surface area contributed by atoms with Crippen LogP contribution in [0.5, 0.6) is 0 Å². The van der Waals surface area contributed by atoms with Gasteiger partial charge < -0.3 is 5.32 Å². The summed E-state index contributed by atoms with van der Waals surface area (Å²) in [5, 5.41) is 5.09. The number of hydrogen-bond acceptors (Lipinski definition) is 3. The monoisotopic (exact) mass is 175 g/mol. The Kier molecular flexibility index (Phi) is 9.27. The Labute approximate surface area is 70.7 Å². The zero-order chi connectivity index (χ0) is 7.66. The summed E-state index contributed by atoms with van der Waals surface area (Å²) in [5.74, 6) is 0.